The number of benzene rings is 1. The Morgan fingerprint density at radius 2 is 1.76 bits per heavy atom. The van der Waals surface area contributed by atoms with E-state index < -0.39 is 5.54 Å². The van der Waals surface area contributed by atoms with E-state index in [1.807, 2.05) is 37.3 Å². The zero-order valence-electron chi connectivity index (χ0n) is 20.3. The van der Waals surface area contributed by atoms with Gasteiger partial charge in [0, 0.05) is 11.7 Å². The predicted molar refractivity (Wildman–Crippen MR) is 129 cm³/mol. The third-order valence-electron chi connectivity index (χ3n) is 7.02. The highest BCUT2D eigenvalue weighted by Gasteiger charge is 2.49. The molecule has 1 aliphatic heterocycles. The molecule has 0 bridgehead atoms. The molecule has 1 fully saturated rings. The molecular formula is C26H36N4O3. The number of carbonyl (C=O) groups is 2. The maximum Gasteiger partial charge on any atom is 0.277 e. The van der Waals surface area contributed by atoms with Crippen LogP contribution in [0, 0.1) is 0 Å². The molecule has 1 atom stereocenters. The van der Waals surface area contributed by atoms with Crippen molar-refractivity contribution in [3.8, 4) is 5.75 Å². The number of rotatable bonds is 5. The van der Waals surface area contributed by atoms with Crippen LogP contribution in [0.25, 0.3) is 0 Å². The highest BCUT2D eigenvalue weighted by Crippen LogP contribution is 2.34. The summed E-state index contributed by atoms with van der Waals surface area (Å²) in [6, 6.07) is 9.33. The van der Waals surface area contributed by atoms with Gasteiger partial charge in [0.25, 0.3) is 5.91 Å². The lowest BCUT2D eigenvalue weighted by Crippen LogP contribution is -2.65. The number of carbonyl (C=O) groups excluding carboxylic acids is 2. The van der Waals surface area contributed by atoms with Gasteiger partial charge in [-0.25, -0.2) is 0 Å². The Kier molecular flexibility index (Phi) is 6.77. The van der Waals surface area contributed by atoms with Crippen molar-refractivity contribution in [3.63, 3.8) is 0 Å². The first-order valence-electron chi connectivity index (χ1n) is 12.2. The number of nitrogens with one attached hydrogen (secondary N) is 1. The number of hydrogen-bond acceptors (Lipinski definition) is 4. The second-order valence-electron chi connectivity index (χ2n) is 9.89. The van der Waals surface area contributed by atoms with Gasteiger partial charge < -0.3 is 10.1 Å². The summed E-state index contributed by atoms with van der Waals surface area (Å²) in [5, 5.41) is 7.98. The molecule has 7 nitrogen and oxygen atoms in total. The van der Waals surface area contributed by atoms with Gasteiger partial charge in [-0.1, -0.05) is 46.0 Å². The van der Waals surface area contributed by atoms with Crippen LogP contribution < -0.4 is 15.0 Å². The van der Waals surface area contributed by atoms with E-state index in [-0.39, 0.29) is 23.8 Å². The molecule has 7 heteroatoms. The van der Waals surface area contributed by atoms with Crippen LogP contribution in [-0.2, 0) is 11.3 Å². The lowest BCUT2D eigenvalue weighted by atomic mass is 9.91. The van der Waals surface area contributed by atoms with Crippen molar-refractivity contribution < 1.29 is 14.3 Å². The molecule has 0 saturated heterocycles. The van der Waals surface area contributed by atoms with E-state index in [4.69, 9.17) is 4.74 Å². The Hall–Kier alpha value is -2.83. The van der Waals surface area contributed by atoms with Gasteiger partial charge in [0.1, 0.15) is 17.0 Å². The Morgan fingerprint density at radius 3 is 2.36 bits per heavy atom. The second kappa shape index (κ2) is 9.57. The molecule has 33 heavy (non-hydrogen) atoms. The second-order valence-corrected chi connectivity index (χ2v) is 9.89. The largest absolute Gasteiger partial charge is 0.497 e. The molecule has 4 rings (SSSR count). The van der Waals surface area contributed by atoms with Crippen LogP contribution in [-0.4, -0.2) is 40.3 Å². The average Bonchev–Trinajstić information content (AvgIpc) is 3.20. The molecular weight excluding hydrogens is 416 g/mol. The molecule has 2 amide bonds. The number of fused-ring (bicyclic) bond motifs is 1. The highest BCUT2D eigenvalue weighted by atomic mass is 16.5. The number of aromatic nitrogens is 2. The van der Waals surface area contributed by atoms with Crippen LogP contribution in [0.3, 0.4) is 0 Å². The van der Waals surface area contributed by atoms with E-state index in [1.54, 1.807) is 16.7 Å². The van der Waals surface area contributed by atoms with Crippen molar-refractivity contribution in [2.24, 2.45) is 0 Å². The standard InChI is InChI=1S/C26H36N4O3/c1-18(2)22-16-23-24(31)30(20-12-14-21(33-4)15-13-20)26(3,17-29(23)28-22)25(32)27-19-10-8-6-5-7-9-11-19/h12-16,18-19H,5-11,17H2,1-4H3,(H,27,32)/t26-/m0/s1. The molecule has 1 aromatic carbocycles. The van der Waals surface area contributed by atoms with E-state index in [2.05, 4.69) is 24.3 Å². The quantitative estimate of drug-likeness (QED) is 0.716. The zero-order chi connectivity index (χ0) is 23.6. The predicted octanol–water partition coefficient (Wildman–Crippen LogP) is 4.66. The first-order chi connectivity index (χ1) is 15.8. The monoisotopic (exact) mass is 452 g/mol. The van der Waals surface area contributed by atoms with Gasteiger partial charge in [0.15, 0.2) is 0 Å². The van der Waals surface area contributed by atoms with E-state index in [9.17, 15) is 9.59 Å². The van der Waals surface area contributed by atoms with Gasteiger partial charge >= 0.3 is 0 Å². The Balaban J connectivity index is 1.70. The van der Waals surface area contributed by atoms with Crippen LogP contribution >= 0.6 is 0 Å². The molecule has 0 radical (unpaired) electrons. The van der Waals surface area contributed by atoms with Crippen molar-refractivity contribution in [1.29, 1.82) is 0 Å². The summed E-state index contributed by atoms with van der Waals surface area (Å²) in [6.07, 6.45) is 7.95. The van der Waals surface area contributed by atoms with Crippen molar-refractivity contribution in [3.05, 3.63) is 41.7 Å². The fourth-order valence-electron chi connectivity index (χ4n) is 4.96. The highest BCUT2D eigenvalue weighted by molar-refractivity contribution is 6.11. The Morgan fingerprint density at radius 1 is 1.12 bits per heavy atom. The van der Waals surface area contributed by atoms with Crippen molar-refractivity contribution in [1.82, 2.24) is 15.1 Å². The van der Waals surface area contributed by atoms with Crippen molar-refractivity contribution in [2.75, 3.05) is 12.0 Å². The minimum atomic E-state index is -1.10. The average molecular weight is 453 g/mol. The maximum atomic E-state index is 13.8. The third-order valence-corrected chi connectivity index (χ3v) is 7.02. The number of amides is 2. The SMILES string of the molecule is COc1ccc(N2C(=O)c3cc(C(C)C)nn3C[C@@]2(C)C(=O)NC2CCCCCCC2)cc1. The first kappa shape index (κ1) is 23.3. The van der Waals surface area contributed by atoms with Gasteiger partial charge in [0.2, 0.25) is 5.91 Å². The Bertz CT molecular complexity index is 989. The smallest absolute Gasteiger partial charge is 0.277 e. The topological polar surface area (TPSA) is 76.5 Å². The molecule has 2 aromatic rings. The zero-order valence-corrected chi connectivity index (χ0v) is 20.3. The summed E-state index contributed by atoms with van der Waals surface area (Å²) in [7, 11) is 1.61. The maximum absolute atomic E-state index is 13.8. The molecule has 2 heterocycles. The molecule has 1 saturated carbocycles. The third kappa shape index (κ3) is 4.63. The summed E-state index contributed by atoms with van der Waals surface area (Å²) in [4.78, 5) is 29.2. The first-order valence-corrected chi connectivity index (χ1v) is 12.2. The number of methoxy groups -OCH3 is 1. The number of hydrogen-bond donors (Lipinski definition) is 1. The van der Waals surface area contributed by atoms with E-state index in [1.165, 1.54) is 19.3 Å². The van der Waals surface area contributed by atoms with Crippen LogP contribution in [0.1, 0.15) is 87.8 Å². The molecule has 0 spiro atoms. The lowest BCUT2D eigenvalue weighted by molar-refractivity contribution is -0.127. The van der Waals surface area contributed by atoms with Crippen molar-refractivity contribution in [2.45, 2.75) is 89.8 Å². The minimum absolute atomic E-state index is 0.121. The molecule has 1 N–H and O–H groups in total. The fourth-order valence-corrected chi connectivity index (χ4v) is 4.96. The van der Waals surface area contributed by atoms with E-state index in [0.29, 0.717) is 23.7 Å². The van der Waals surface area contributed by atoms with Crippen molar-refractivity contribution >= 4 is 17.5 Å². The minimum Gasteiger partial charge on any atom is -0.497 e. The normalized spacial score (nSPS) is 22.0. The van der Waals surface area contributed by atoms with Gasteiger partial charge in [-0.2, -0.15) is 5.10 Å². The summed E-state index contributed by atoms with van der Waals surface area (Å²) < 4.78 is 7.01. The lowest BCUT2D eigenvalue weighted by Gasteiger charge is -2.43. The summed E-state index contributed by atoms with van der Waals surface area (Å²) in [6.45, 7) is 6.28. The van der Waals surface area contributed by atoms with Gasteiger partial charge in [-0.15, -0.1) is 0 Å². The van der Waals surface area contributed by atoms with Crippen LogP contribution in [0.4, 0.5) is 5.69 Å². The molecule has 1 aromatic heterocycles. The molecule has 2 aliphatic rings. The molecule has 1 aliphatic carbocycles. The van der Waals surface area contributed by atoms with Crippen LogP contribution in [0.15, 0.2) is 30.3 Å². The molecule has 178 valence electrons. The summed E-state index contributed by atoms with van der Waals surface area (Å²) in [5.41, 5.74) is 0.958. The Labute approximate surface area is 196 Å². The molecule has 0 unspecified atom stereocenters. The fraction of sp³-hybridized carbons (Fsp3) is 0.577. The summed E-state index contributed by atoms with van der Waals surface area (Å²) >= 11 is 0. The van der Waals surface area contributed by atoms with Gasteiger partial charge in [-0.3, -0.25) is 19.2 Å². The summed E-state index contributed by atoms with van der Waals surface area (Å²) in [5.74, 6) is 0.571. The van der Waals surface area contributed by atoms with Crippen LogP contribution in [0.5, 0.6) is 5.75 Å². The number of anilines is 1. The van der Waals surface area contributed by atoms with E-state index >= 15 is 0 Å². The number of nitrogens with zero attached hydrogens (tertiary/aromatic N) is 3. The van der Waals surface area contributed by atoms with Gasteiger partial charge in [-0.05, 0) is 56.0 Å². The van der Waals surface area contributed by atoms with Crippen LogP contribution in [0.2, 0.25) is 0 Å². The van der Waals surface area contributed by atoms with E-state index in [0.717, 1.165) is 31.4 Å². The number of ether oxygens (including phenoxy) is 1. The van der Waals surface area contributed by atoms with Gasteiger partial charge in [0.05, 0.1) is 19.3 Å².